The van der Waals surface area contributed by atoms with Gasteiger partial charge in [0.1, 0.15) is 5.82 Å². The van der Waals surface area contributed by atoms with Crippen LogP contribution in [0, 0.1) is 5.82 Å². The van der Waals surface area contributed by atoms with E-state index in [0.717, 1.165) is 12.5 Å². The zero-order valence-electron chi connectivity index (χ0n) is 13.7. The third-order valence-electron chi connectivity index (χ3n) is 3.64. The van der Waals surface area contributed by atoms with Crippen LogP contribution in [0.1, 0.15) is 18.5 Å². The SMILES string of the molecule is O=C(COC(=O)Cc1csc(N2CCCC2=O)n1)Nc1cccc(F)c1. The van der Waals surface area contributed by atoms with Gasteiger partial charge in [0.25, 0.3) is 5.91 Å². The first-order chi connectivity index (χ1) is 12.5. The molecule has 2 aromatic rings. The monoisotopic (exact) mass is 377 g/mol. The number of carbonyl (C=O) groups is 3. The maximum absolute atomic E-state index is 13.0. The second-order valence-electron chi connectivity index (χ2n) is 5.67. The van der Waals surface area contributed by atoms with E-state index in [9.17, 15) is 18.8 Å². The minimum atomic E-state index is -0.607. The minimum absolute atomic E-state index is 0.0301. The van der Waals surface area contributed by atoms with Crippen molar-refractivity contribution in [1.29, 1.82) is 0 Å². The van der Waals surface area contributed by atoms with Gasteiger partial charge in [-0.2, -0.15) is 0 Å². The van der Waals surface area contributed by atoms with E-state index in [1.54, 1.807) is 10.3 Å². The molecule has 0 radical (unpaired) electrons. The number of halogens is 1. The van der Waals surface area contributed by atoms with Gasteiger partial charge in [-0.1, -0.05) is 6.07 Å². The number of nitrogens with zero attached hydrogens (tertiary/aromatic N) is 2. The van der Waals surface area contributed by atoms with Crippen molar-refractivity contribution in [2.45, 2.75) is 19.3 Å². The summed E-state index contributed by atoms with van der Waals surface area (Å²) in [7, 11) is 0. The lowest BCUT2D eigenvalue weighted by molar-refractivity contribution is -0.146. The van der Waals surface area contributed by atoms with Gasteiger partial charge in [-0.15, -0.1) is 11.3 Å². The topological polar surface area (TPSA) is 88.6 Å². The molecular weight excluding hydrogens is 361 g/mol. The molecule has 0 aliphatic carbocycles. The highest BCUT2D eigenvalue weighted by molar-refractivity contribution is 7.14. The fourth-order valence-electron chi connectivity index (χ4n) is 2.46. The Balaban J connectivity index is 1.46. The van der Waals surface area contributed by atoms with Gasteiger partial charge in [0, 0.05) is 24.0 Å². The molecule has 2 heterocycles. The smallest absolute Gasteiger partial charge is 0.312 e. The summed E-state index contributed by atoms with van der Waals surface area (Å²) in [5.74, 6) is -1.62. The van der Waals surface area contributed by atoms with Gasteiger partial charge in [-0.25, -0.2) is 9.37 Å². The Hall–Kier alpha value is -2.81. The molecule has 3 rings (SSSR count). The molecule has 0 spiro atoms. The Labute approximate surface area is 152 Å². The summed E-state index contributed by atoms with van der Waals surface area (Å²) >= 11 is 1.29. The number of nitrogens with one attached hydrogen (secondary N) is 1. The van der Waals surface area contributed by atoms with E-state index in [0.29, 0.717) is 23.8 Å². The summed E-state index contributed by atoms with van der Waals surface area (Å²) in [4.78, 5) is 41.1. The van der Waals surface area contributed by atoms with Crippen molar-refractivity contribution in [2.75, 3.05) is 23.4 Å². The minimum Gasteiger partial charge on any atom is -0.455 e. The molecule has 136 valence electrons. The van der Waals surface area contributed by atoms with E-state index >= 15 is 0 Å². The van der Waals surface area contributed by atoms with Crippen molar-refractivity contribution in [3.8, 4) is 0 Å². The van der Waals surface area contributed by atoms with E-state index < -0.39 is 24.3 Å². The van der Waals surface area contributed by atoms with Crippen LogP contribution in [0.2, 0.25) is 0 Å². The van der Waals surface area contributed by atoms with Crippen LogP contribution in [0.25, 0.3) is 0 Å². The number of ether oxygens (including phenoxy) is 1. The van der Waals surface area contributed by atoms with Crippen molar-refractivity contribution >= 4 is 39.9 Å². The summed E-state index contributed by atoms with van der Waals surface area (Å²) in [6, 6.07) is 5.41. The normalized spacial score (nSPS) is 13.7. The predicted molar refractivity (Wildman–Crippen MR) is 93.4 cm³/mol. The molecule has 0 unspecified atom stereocenters. The van der Waals surface area contributed by atoms with Crippen molar-refractivity contribution in [2.24, 2.45) is 0 Å². The Morgan fingerprint density at radius 3 is 2.96 bits per heavy atom. The van der Waals surface area contributed by atoms with E-state index in [4.69, 9.17) is 4.74 Å². The molecule has 0 saturated carbocycles. The van der Waals surface area contributed by atoms with Gasteiger partial charge in [0.05, 0.1) is 12.1 Å². The molecule has 0 atom stereocenters. The molecule has 2 amide bonds. The predicted octanol–water partition coefficient (Wildman–Crippen LogP) is 2.13. The second-order valence-corrected chi connectivity index (χ2v) is 6.50. The molecule has 7 nitrogen and oxygen atoms in total. The van der Waals surface area contributed by atoms with Gasteiger partial charge in [0.15, 0.2) is 11.7 Å². The first kappa shape index (κ1) is 18.0. The number of carbonyl (C=O) groups excluding carboxylic acids is 3. The maximum Gasteiger partial charge on any atom is 0.312 e. The molecule has 9 heteroatoms. The Kier molecular flexibility index (Phi) is 5.57. The lowest BCUT2D eigenvalue weighted by atomic mass is 10.3. The van der Waals surface area contributed by atoms with Crippen molar-refractivity contribution in [3.63, 3.8) is 0 Å². The Morgan fingerprint density at radius 1 is 1.38 bits per heavy atom. The van der Waals surface area contributed by atoms with Gasteiger partial charge in [-0.3, -0.25) is 19.3 Å². The van der Waals surface area contributed by atoms with Crippen molar-refractivity contribution < 1.29 is 23.5 Å². The summed E-state index contributed by atoms with van der Waals surface area (Å²) in [5, 5.41) is 4.69. The largest absolute Gasteiger partial charge is 0.455 e. The average Bonchev–Trinajstić information content (AvgIpc) is 3.21. The van der Waals surface area contributed by atoms with Crippen LogP contribution in [0.15, 0.2) is 29.6 Å². The van der Waals surface area contributed by atoms with Crippen LogP contribution in [-0.2, 0) is 25.5 Å². The zero-order valence-corrected chi connectivity index (χ0v) is 14.6. The number of rotatable bonds is 6. The number of esters is 1. The fraction of sp³-hybridized carbons (Fsp3) is 0.294. The van der Waals surface area contributed by atoms with Crippen LogP contribution >= 0.6 is 11.3 Å². The Bertz CT molecular complexity index is 839. The highest BCUT2D eigenvalue weighted by atomic mass is 32.1. The number of amides is 2. The van der Waals surface area contributed by atoms with Crippen molar-refractivity contribution in [3.05, 3.63) is 41.2 Å². The molecular formula is C17H16FN3O4S. The van der Waals surface area contributed by atoms with Crippen LogP contribution in [-0.4, -0.2) is 35.9 Å². The third-order valence-corrected chi connectivity index (χ3v) is 4.55. The molecule has 1 aliphatic rings. The molecule has 26 heavy (non-hydrogen) atoms. The first-order valence-corrected chi connectivity index (χ1v) is 8.85. The lowest BCUT2D eigenvalue weighted by Crippen LogP contribution is -2.23. The second kappa shape index (κ2) is 8.05. The quantitative estimate of drug-likeness (QED) is 0.779. The van der Waals surface area contributed by atoms with Gasteiger partial charge >= 0.3 is 5.97 Å². The highest BCUT2D eigenvalue weighted by Gasteiger charge is 2.24. The molecule has 0 bridgehead atoms. The lowest BCUT2D eigenvalue weighted by Gasteiger charge is -2.10. The number of hydrogen-bond acceptors (Lipinski definition) is 6. The van der Waals surface area contributed by atoms with Gasteiger partial charge < -0.3 is 10.1 Å². The zero-order chi connectivity index (χ0) is 18.5. The summed E-state index contributed by atoms with van der Waals surface area (Å²) in [6.07, 6.45) is 1.22. The number of hydrogen-bond donors (Lipinski definition) is 1. The van der Waals surface area contributed by atoms with E-state index in [1.807, 2.05) is 0 Å². The van der Waals surface area contributed by atoms with E-state index in [-0.39, 0.29) is 18.0 Å². The highest BCUT2D eigenvalue weighted by Crippen LogP contribution is 2.25. The number of anilines is 2. The Morgan fingerprint density at radius 2 is 2.23 bits per heavy atom. The van der Waals surface area contributed by atoms with Crippen molar-refractivity contribution in [1.82, 2.24) is 4.98 Å². The molecule has 1 fully saturated rings. The number of thiazole rings is 1. The number of benzene rings is 1. The van der Waals surface area contributed by atoms with Gasteiger partial charge in [0.2, 0.25) is 5.91 Å². The van der Waals surface area contributed by atoms with Crippen LogP contribution in [0.4, 0.5) is 15.2 Å². The molecule has 1 saturated heterocycles. The molecule has 1 aromatic carbocycles. The van der Waals surface area contributed by atoms with E-state index in [1.165, 1.54) is 29.5 Å². The first-order valence-electron chi connectivity index (χ1n) is 7.97. The van der Waals surface area contributed by atoms with Crippen LogP contribution < -0.4 is 10.2 Å². The number of aromatic nitrogens is 1. The third kappa shape index (κ3) is 4.63. The molecule has 1 aliphatic heterocycles. The van der Waals surface area contributed by atoms with Crippen LogP contribution in [0.5, 0.6) is 0 Å². The standard InChI is InChI=1S/C17H16FN3O4S/c18-11-3-1-4-12(7-11)19-14(22)9-25-16(24)8-13-10-26-17(20-13)21-6-2-5-15(21)23/h1,3-4,7,10H,2,5-6,8-9H2,(H,19,22). The summed E-state index contributed by atoms with van der Waals surface area (Å²) in [6.45, 7) is 0.160. The maximum atomic E-state index is 13.0. The van der Waals surface area contributed by atoms with E-state index in [2.05, 4.69) is 10.3 Å². The van der Waals surface area contributed by atoms with Crippen LogP contribution in [0.3, 0.4) is 0 Å². The fourth-order valence-corrected chi connectivity index (χ4v) is 3.33. The average molecular weight is 377 g/mol. The molecule has 1 aromatic heterocycles. The summed E-state index contributed by atoms with van der Waals surface area (Å²) in [5.41, 5.74) is 0.769. The summed E-state index contributed by atoms with van der Waals surface area (Å²) < 4.78 is 18.0. The molecule has 1 N–H and O–H groups in total. The van der Waals surface area contributed by atoms with Gasteiger partial charge in [-0.05, 0) is 24.6 Å².